The second kappa shape index (κ2) is 6.71. The molecule has 19 heavy (non-hydrogen) atoms. The monoisotopic (exact) mass is 260 g/mol. The molecule has 0 radical (unpaired) electrons. The van der Waals surface area contributed by atoms with Gasteiger partial charge in [-0.1, -0.05) is 17.7 Å². The molecule has 1 amide bonds. The number of rotatable bonds is 4. The molecule has 1 aromatic rings. The summed E-state index contributed by atoms with van der Waals surface area (Å²) in [5.41, 5.74) is 1.93. The number of nitrogens with one attached hydrogen (secondary N) is 1. The molecule has 1 N–H and O–H groups in total. The summed E-state index contributed by atoms with van der Waals surface area (Å²) in [6.45, 7) is 5.12. The van der Waals surface area contributed by atoms with Crippen molar-refractivity contribution in [2.75, 3.05) is 26.7 Å². The highest BCUT2D eigenvalue weighted by molar-refractivity contribution is 5.94. The van der Waals surface area contributed by atoms with Crippen LogP contribution in [0.15, 0.2) is 24.3 Å². The SMILES string of the molecule is Cc1cccc(C(=O)N(C)CCC2CCCNC2)c1. The number of amides is 1. The number of nitrogens with zero attached hydrogens (tertiary/aromatic N) is 1. The molecule has 3 heteroatoms. The van der Waals surface area contributed by atoms with Crippen LogP contribution in [-0.4, -0.2) is 37.5 Å². The lowest BCUT2D eigenvalue weighted by Gasteiger charge is -2.25. The second-order valence-corrected chi connectivity index (χ2v) is 5.60. The first kappa shape index (κ1) is 14.1. The van der Waals surface area contributed by atoms with E-state index in [0.29, 0.717) is 0 Å². The van der Waals surface area contributed by atoms with Crippen molar-refractivity contribution in [3.05, 3.63) is 35.4 Å². The molecule has 1 aliphatic rings. The number of hydrogen-bond donors (Lipinski definition) is 1. The third-order valence-corrected chi connectivity index (χ3v) is 3.88. The predicted octanol–water partition coefficient (Wildman–Crippen LogP) is 2.46. The van der Waals surface area contributed by atoms with Crippen molar-refractivity contribution < 1.29 is 4.79 Å². The Labute approximate surface area is 116 Å². The van der Waals surface area contributed by atoms with Crippen LogP contribution in [0, 0.1) is 12.8 Å². The van der Waals surface area contributed by atoms with Crippen molar-refractivity contribution in [2.24, 2.45) is 5.92 Å². The summed E-state index contributed by atoms with van der Waals surface area (Å²) in [7, 11) is 1.90. The summed E-state index contributed by atoms with van der Waals surface area (Å²) in [5, 5.41) is 3.42. The van der Waals surface area contributed by atoms with Gasteiger partial charge in [-0.3, -0.25) is 4.79 Å². The average Bonchev–Trinajstić information content (AvgIpc) is 2.45. The van der Waals surface area contributed by atoms with Gasteiger partial charge in [0.25, 0.3) is 5.91 Å². The van der Waals surface area contributed by atoms with Crippen molar-refractivity contribution in [2.45, 2.75) is 26.2 Å². The van der Waals surface area contributed by atoms with Crippen LogP contribution in [0.2, 0.25) is 0 Å². The third kappa shape index (κ3) is 4.06. The maximum Gasteiger partial charge on any atom is 0.253 e. The van der Waals surface area contributed by atoms with E-state index in [1.165, 1.54) is 12.8 Å². The molecule has 1 saturated heterocycles. The van der Waals surface area contributed by atoms with Crippen LogP contribution in [0.1, 0.15) is 35.2 Å². The zero-order valence-corrected chi connectivity index (χ0v) is 12.0. The molecule has 2 rings (SSSR count). The summed E-state index contributed by atoms with van der Waals surface area (Å²) in [6.07, 6.45) is 3.65. The fourth-order valence-electron chi connectivity index (χ4n) is 2.65. The van der Waals surface area contributed by atoms with Gasteiger partial charge in [0.15, 0.2) is 0 Å². The zero-order valence-electron chi connectivity index (χ0n) is 12.0. The van der Waals surface area contributed by atoms with E-state index < -0.39 is 0 Å². The Kier molecular flexibility index (Phi) is 4.97. The van der Waals surface area contributed by atoms with Crippen LogP contribution in [0.3, 0.4) is 0 Å². The molecular weight excluding hydrogens is 236 g/mol. The summed E-state index contributed by atoms with van der Waals surface area (Å²) in [4.78, 5) is 14.1. The summed E-state index contributed by atoms with van der Waals surface area (Å²) < 4.78 is 0. The smallest absolute Gasteiger partial charge is 0.253 e. The van der Waals surface area contributed by atoms with Crippen LogP contribution >= 0.6 is 0 Å². The minimum absolute atomic E-state index is 0.132. The highest BCUT2D eigenvalue weighted by Crippen LogP contribution is 2.15. The van der Waals surface area contributed by atoms with E-state index >= 15 is 0 Å². The van der Waals surface area contributed by atoms with Crippen LogP contribution in [0.5, 0.6) is 0 Å². The Morgan fingerprint density at radius 1 is 1.47 bits per heavy atom. The van der Waals surface area contributed by atoms with Gasteiger partial charge in [-0.15, -0.1) is 0 Å². The highest BCUT2D eigenvalue weighted by Gasteiger charge is 2.16. The van der Waals surface area contributed by atoms with E-state index in [-0.39, 0.29) is 5.91 Å². The second-order valence-electron chi connectivity index (χ2n) is 5.60. The molecule has 1 aliphatic heterocycles. The molecule has 0 bridgehead atoms. The molecule has 0 aliphatic carbocycles. The van der Waals surface area contributed by atoms with Gasteiger partial charge in [0.2, 0.25) is 0 Å². The molecule has 104 valence electrons. The molecular formula is C16H24N2O. The average molecular weight is 260 g/mol. The highest BCUT2D eigenvalue weighted by atomic mass is 16.2. The van der Waals surface area contributed by atoms with Crippen molar-refractivity contribution >= 4 is 5.91 Å². The van der Waals surface area contributed by atoms with Gasteiger partial charge in [0, 0.05) is 19.2 Å². The summed E-state index contributed by atoms with van der Waals surface area (Å²) >= 11 is 0. The first-order valence-corrected chi connectivity index (χ1v) is 7.19. The van der Waals surface area contributed by atoms with Crippen LogP contribution in [0.25, 0.3) is 0 Å². The first-order valence-electron chi connectivity index (χ1n) is 7.19. The van der Waals surface area contributed by atoms with E-state index in [1.807, 2.05) is 43.1 Å². The maximum absolute atomic E-state index is 12.3. The van der Waals surface area contributed by atoms with Gasteiger partial charge < -0.3 is 10.2 Å². The lowest BCUT2D eigenvalue weighted by molar-refractivity contribution is 0.0785. The Morgan fingerprint density at radius 2 is 2.32 bits per heavy atom. The van der Waals surface area contributed by atoms with E-state index in [9.17, 15) is 4.79 Å². The van der Waals surface area contributed by atoms with Crippen molar-refractivity contribution in [3.63, 3.8) is 0 Å². The number of hydrogen-bond acceptors (Lipinski definition) is 2. The molecule has 0 aromatic heterocycles. The topological polar surface area (TPSA) is 32.3 Å². The molecule has 1 aromatic carbocycles. The normalized spacial score (nSPS) is 19.2. The Hall–Kier alpha value is -1.35. The molecule has 0 spiro atoms. The Balaban J connectivity index is 1.85. The van der Waals surface area contributed by atoms with E-state index in [4.69, 9.17) is 0 Å². The van der Waals surface area contributed by atoms with Gasteiger partial charge in [0.05, 0.1) is 0 Å². The third-order valence-electron chi connectivity index (χ3n) is 3.88. The fourth-order valence-corrected chi connectivity index (χ4v) is 2.65. The first-order chi connectivity index (χ1) is 9.16. The largest absolute Gasteiger partial charge is 0.342 e. The minimum Gasteiger partial charge on any atom is -0.342 e. The zero-order chi connectivity index (χ0) is 13.7. The maximum atomic E-state index is 12.3. The Bertz CT molecular complexity index is 425. The number of carbonyl (C=O) groups is 1. The van der Waals surface area contributed by atoms with Crippen molar-refractivity contribution in [1.82, 2.24) is 10.2 Å². The quantitative estimate of drug-likeness (QED) is 0.902. The molecule has 1 heterocycles. The molecule has 0 saturated carbocycles. The van der Waals surface area contributed by atoms with E-state index in [2.05, 4.69) is 5.32 Å². The molecule has 3 nitrogen and oxygen atoms in total. The lowest BCUT2D eigenvalue weighted by atomic mass is 9.96. The van der Waals surface area contributed by atoms with Gasteiger partial charge in [-0.2, -0.15) is 0 Å². The minimum atomic E-state index is 0.132. The lowest BCUT2D eigenvalue weighted by Crippen LogP contribution is -2.34. The van der Waals surface area contributed by atoms with Crippen LogP contribution in [0.4, 0.5) is 0 Å². The number of benzene rings is 1. The fraction of sp³-hybridized carbons (Fsp3) is 0.562. The van der Waals surface area contributed by atoms with Crippen LogP contribution < -0.4 is 5.32 Å². The predicted molar refractivity (Wildman–Crippen MR) is 78.4 cm³/mol. The molecule has 1 atom stereocenters. The van der Waals surface area contributed by atoms with E-state index in [0.717, 1.165) is 43.1 Å². The van der Waals surface area contributed by atoms with Gasteiger partial charge in [-0.25, -0.2) is 0 Å². The summed E-state index contributed by atoms with van der Waals surface area (Å²) in [6, 6.07) is 7.82. The summed E-state index contributed by atoms with van der Waals surface area (Å²) in [5.74, 6) is 0.856. The standard InChI is InChI=1S/C16H24N2O/c1-13-5-3-7-15(11-13)16(19)18(2)10-8-14-6-4-9-17-12-14/h3,5,7,11,14,17H,4,6,8-10,12H2,1-2H3. The number of aryl methyl sites for hydroxylation is 1. The van der Waals surface area contributed by atoms with Gasteiger partial charge in [0.1, 0.15) is 0 Å². The Morgan fingerprint density at radius 3 is 3.00 bits per heavy atom. The van der Waals surface area contributed by atoms with Crippen molar-refractivity contribution in [3.8, 4) is 0 Å². The van der Waals surface area contributed by atoms with Crippen LogP contribution in [-0.2, 0) is 0 Å². The molecule has 1 unspecified atom stereocenters. The number of carbonyl (C=O) groups excluding carboxylic acids is 1. The van der Waals surface area contributed by atoms with Crippen molar-refractivity contribution in [1.29, 1.82) is 0 Å². The van der Waals surface area contributed by atoms with Gasteiger partial charge in [-0.05, 0) is 57.3 Å². The molecule has 1 fully saturated rings. The van der Waals surface area contributed by atoms with E-state index in [1.54, 1.807) is 0 Å². The number of piperidine rings is 1. The van der Waals surface area contributed by atoms with Gasteiger partial charge >= 0.3 is 0 Å².